The summed E-state index contributed by atoms with van der Waals surface area (Å²) in [5, 5.41) is 20.1. The molecule has 0 unspecified atom stereocenters. The SMILES string of the molecule is N=C1N=C2C(=NC(=O)N2N2C(=O)N=C3C(=O)NC(=N)N=C32)C(=O)N1. The Morgan fingerprint density at radius 3 is 1.42 bits per heavy atom. The number of aliphatic imine (C=N–C) groups is 4. The Hall–Kier alpha value is -4.10. The first kappa shape index (κ1) is 13.6. The molecule has 0 aromatic rings. The summed E-state index contributed by atoms with van der Waals surface area (Å²) in [6.07, 6.45) is 0. The van der Waals surface area contributed by atoms with Crippen LogP contribution in [0.15, 0.2) is 20.0 Å². The average molecular weight is 328 g/mol. The van der Waals surface area contributed by atoms with Crippen LogP contribution < -0.4 is 10.6 Å². The summed E-state index contributed by atoms with van der Waals surface area (Å²) >= 11 is 0. The van der Waals surface area contributed by atoms with Crippen molar-refractivity contribution in [2.45, 2.75) is 0 Å². The van der Waals surface area contributed by atoms with Gasteiger partial charge in [0.25, 0.3) is 11.8 Å². The number of carbonyl (C=O) groups is 4. The normalized spacial score (nSPS) is 22.5. The molecule has 0 bridgehead atoms. The monoisotopic (exact) mass is 328 g/mol. The van der Waals surface area contributed by atoms with Gasteiger partial charge in [-0.05, 0) is 0 Å². The van der Waals surface area contributed by atoms with Crippen molar-refractivity contribution in [1.29, 1.82) is 10.8 Å². The number of guanidine groups is 2. The fourth-order valence-corrected chi connectivity index (χ4v) is 2.23. The molecule has 0 aliphatic carbocycles. The molecule has 0 atom stereocenters. The second-order valence-corrected chi connectivity index (χ2v) is 4.59. The van der Waals surface area contributed by atoms with Crippen LogP contribution in [0.2, 0.25) is 0 Å². The van der Waals surface area contributed by atoms with Crippen molar-refractivity contribution in [1.82, 2.24) is 20.7 Å². The van der Waals surface area contributed by atoms with Crippen LogP contribution in [0.4, 0.5) is 9.59 Å². The lowest BCUT2D eigenvalue weighted by atomic mass is 10.3. The zero-order valence-electron chi connectivity index (χ0n) is 11.3. The highest BCUT2D eigenvalue weighted by molar-refractivity contribution is 6.75. The van der Waals surface area contributed by atoms with E-state index in [1.807, 2.05) is 0 Å². The molecule has 4 heterocycles. The maximum Gasteiger partial charge on any atom is 0.370 e. The molecule has 4 N–H and O–H groups in total. The van der Waals surface area contributed by atoms with Crippen LogP contribution in [0.25, 0.3) is 0 Å². The molecule has 4 aliphatic rings. The van der Waals surface area contributed by atoms with Gasteiger partial charge < -0.3 is 0 Å². The number of rotatable bonds is 1. The Labute approximate surface area is 130 Å². The predicted octanol–water partition coefficient (Wildman–Crippen LogP) is -2.42. The third-order valence-electron chi connectivity index (χ3n) is 3.13. The quantitative estimate of drug-likeness (QED) is 0.416. The molecule has 0 aromatic heterocycles. The van der Waals surface area contributed by atoms with E-state index in [0.717, 1.165) is 0 Å². The number of nitrogens with one attached hydrogen (secondary N) is 4. The summed E-state index contributed by atoms with van der Waals surface area (Å²) in [6, 6.07) is -2.11. The first-order chi connectivity index (χ1) is 11.4. The third-order valence-corrected chi connectivity index (χ3v) is 3.13. The molecule has 0 saturated heterocycles. The van der Waals surface area contributed by atoms with Gasteiger partial charge in [-0.1, -0.05) is 0 Å². The zero-order chi connectivity index (χ0) is 17.2. The maximum absolute atomic E-state index is 12.1. The van der Waals surface area contributed by atoms with Crippen LogP contribution in [0.5, 0.6) is 0 Å². The Morgan fingerprint density at radius 2 is 1.04 bits per heavy atom. The van der Waals surface area contributed by atoms with Gasteiger partial charge in [0.2, 0.25) is 11.9 Å². The van der Waals surface area contributed by atoms with Crippen LogP contribution in [-0.2, 0) is 9.59 Å². The smallest absolute Gasteiger partial charge is 0.289 e. The van der Waals surface area contributed by atoms with Gasteiger partial charge in [0.1, 0.15) is 0 Å². The van der Waals surface area contributed by atoms with E-state index in [1.165, 1.54) is 0 Å². The summed E-state index contributed by atoms with van der Waals surface area (Å²) in [7, 11) is 0. The van der Waals surface area contributed by atoms with E-state index in [2.05, 4.69) is 30.6 Å². The van der Waals surface area contributed by atoms with Gasteiger partial charge in [0.15, 0.2) is 23.1 Å². The maximum atomic E-state index is 12.1. The van der Waals surface area contributed by atoms with Crippen molar-refractivity contribution in [3.63, 3.8) is 0 Å². The molecule has 0 spiro atoms. The number of nitrogens with zero attached hydrogens (tertiary/aromatic N) is 6. The Kier molecular flexibility index (Phi) is 2.38. The molecule has 0 saturated carbocycles. The second kappa shape index (κ2) is 4.22. The minimum Gasteiger partial charge on any atom is -0.289 e. The lowest BCUT2D eigenvalue weighted by Crippen LogP contribution is -2.57. The second-order valence-electron chi connectivity index (χ2n) is 4.59. The van der Waals surface area contributed by atoms with E-state index in [1.54, 1.807) is 0 Å². The molecular formula is C10H4N10O4. The van der Waals surface area contributed by atoms with Gasteiger partial charge >= 0.3 is 12.1 Å². The van der Waals surface area contributed by atoms with Crippen molar-refractivity contribution in [2.24, 2.45) is 20.0 Å². The summed E-state index contributed by atoms with van der Waals surface area (Å²) in [5.74, 6) is -3.55. The molecule has 4 rings (SSSR count). The van der Waals surface area contributed by atoms with Crippen LogP contribution in [0, 0.1) is 10.8 Å². The van der Waals surface area contributed by atoms with Crippen molar-refractivity contribution in [3.8, 4) is 0 Å². The lowest BCUT2D eigenvalue weighted by molar-refractivity contribution is -0.114. The summed E-state index contributed by atoms with van der Waals surface area (Å²) in [5.41, 5.74) is -0.790. The number of urea groups is 2. The van der Waals surface area contributed by atoms with Gasteiger partial charge in [-0.2, -0.15) is 30.0 Å². The Morgan fingerprint density at radius 1 is 0.667 bits per heavy atom. The number of fused-ring (bicyclic) bond motifs is 2. The molecule has 118 valence electrons. The molecule has 0 aromatic carbocycles. The minimum absolute atomic E-state index is 0.376. The zero-order valence-corrected chi connectivity index (χ0v) is 11.3. The predicted molar refractivity (Wildman–Crippen MR) is 75.9 cm³/mol. The fourth-order valence-electron chi connectivity index (χ4n) is 2.23. The number of hydrogen-bond acceptors (Lipinski definition) is 6. The lowest BCUT2D eigenvalue weighted by Gasteiger charge is -2.27. The van der Waals surface area contributed by atoms with E-state index in [4.69, 9.17) is 10.8 Å². The van der Waals surface area contributed by atoms with E-state index in [-0.39, 0.29) is 11.7 Å². The summed E-state index contributed by atoms with van der Waals surface area (Å²) in [4.78, 5) is 62.0. The third kappa shape index (κ3) is 1.64. The number of hydrazine groups is 1. The van der Waals surface area contributed by atoms with Crippen molar-refractivity contribution in [2.75, 3.05) is 0 Å². The molecule has 0 radical (unpaired) electrons. The Bertz CT molecular complexity index is 861. The number of amides is 6. The first-order valence-corrected chi connectivity index (χ1v) is 6.20. The van der Waals surface area contributed by atoms with Crippen molar-refractivity contribution >= 4 is 58.9 Å². The van der Waals surface area contributed by atoms with E-state index < -0.39 is 47.2 Å². The first-order valence-electron chi connectivity index (χ1n) is 6.20. The highest BCUT2D eigenvalue weighted by Crippen LogP contribution is 2.21. The van der Waals surface area contributed by atoms with Crippen LogP contribution >= 0.6 is 0 Å². The standard InChI is InChI=1S/C10H4N10O4/c11-7-15-3-1(5(21)17-7)13-9(23)19(3)20-4-2(14-10(20)24)6(22)18-8(12)16-4/h(H2,11,17,21)(H2,12,18,22). The van der Waals surface area contributed by atoms with Crippen molar-refractivity contribution < 1.29 is 19.2 Å². The van der Waals surface area contributed by atoms with Crippen LogP contribution in [-0.4, -0.2) is 68.9 Å². The van der Waals surface area contributed by atoms with Gasteiger partial charge in [0, 0.05) is 0 Å². The topological polar surface area (TPSA) is 196 Å². The summed E-state index contributed by atoms with van der Waals surface area (Å²) < 4.78 is 0. The summed E-state index contributed by atoms with van der Waals surface area (Å²) in [6.45, 7) is 0. The number of carbonyl (C=O) groups excluding carboxylic acids is 4. The molecular weight excluding hydrogens is 324 g/mol. The highest BCUT2D eigenvalue weighted by Gasteiger charge is 2.50. The van der Waals surface area contributed by atoms with Crippen molar-refractivity contribution in [3.05, 3.63) is 0 Å². The van der Waals surface area contributed by atoms with Gasteiger partial charge in [0.05, 0.1) is 0 Å². The van der Waals surface area contributed by atoms with Gasteiger partial charge in [-0.25, -0.2) is 9.59 Å². The van der Waals surface area contributed by atoms with E-state index in [0.29, 0.717) is 10.0 Å². The number of hydrogen-bond donors (Lipinski definition) is 4. The Balaban J connectivity index is 1.83. The van der Waals surface area contributed by atoms with Crippen LogP contribution in [0.1, 0.15) is 0 Å². The van der Waals surface area contributed by atoms with Gasteiger partial charge in [-0.15, -0.1) is 0 Å². The highest BCUT2D eigenvalue weighted by atomic mass is 16.2. The molecule has 14 nitrogen and oxygen atoms in total. The molecule has 6 amide bonds. The minimum atomic E-state index is -1.06. The largest absolute Gasteiger partial charge is 0.370 e. The van der Waals surface area contributed by atoms with E-state index >= 15 is 0 Å². The molecule has 24 heavy (non-hydrogen) atoms. The molecule has 14 heteroatoms. The van der Waals surface area contributed by atoms with Crippen LogP contribution in [0.3, 0.4) is 0 Å². The van der Waals surface area contributed by atoms with E-state index in [9.17, 15) is 19.2 Å². The fraction of sp³-hybridized carbons (Fsp3) is 0. The average Bonchev–Trinajstić information content (AvgIpc) is 2.96. The molecule has 0 fully saturated rings. The van der Waals surface area contributed by atoms with Gasteiger partial charge in [-0.3, -0.25) is 31.0 Å². The molecule has 4 aliphatic heterocycles. The number of amidine groups is 2.